The minimum atomic E-state index is -0.454. The molecule has 1 fully saturated rings. The zero-order valence-electron chi connectivity index (χ0n) is 21.3. The van der Waals surface area contributed by atoms with Crippen molar-refractivity contribution in [2.24, 2.45) is 7.05 Å². The number of thioether (sulfide) groups is 1. The van der Waals surface area contributed by atoms with Gasteiger partial charge in [0.2, 0.25) is 5.91 Å². The van der Waals surface area contributed by atoms with Gasteiger partial charge in [0.05, 0.1) is 33.6 Å². The van der Waals surface area contributed by atoms with Crippen molar-refractivity contribution in [1.82, 2.24) is 29.4 Å². The molecule has 11 heteroatoms. The number of nitrogens with one attached hydrogen (secondary N) is 1. The summed E-state index contributed by atoms with van der Waals surface area (Å²) in [6, 6.07) is 12.7. The summed E-state index contributed by atoms with van der Waals surface area (Å²) in [4.78, 5) is 31.2. The molecule has 0 unspecified atom stereocenters. The van der Waals surface area contributed by atoms with Crippen LogP contribution in [0.5, 0.6) is 11.5 Å². The second-order valence-corrected chi connectivity index (χ2v) is 10.5. The molecule has 0 bridgehead atoms. The first-order valence-corrected chi connectivity index (χ1v) is 13.1. The van der Waals surface area contributed by atoms with Crippen molar-refractivity contribution in [3.05, 3.63) is 79.2 Å². The molecule has 0 saturated carbocycles. The summed E-state index contributed by atoms with van der Waals surface area (Å²) < 4.78 is 23.4. The van der Waals surface area contributed by atoms with Gasteiger partial charge in [-0.05, 0) is 49.4 Å². The molecule has 0 spiro atoms. The largest absolute Gasteiger partial charge is 0.457 e. The van der Waals surface area contributed by atoms with Crippen LogP contribution in [-0.4, -0.2) is 53.6 Å². The monoisotopic (exact) mass is 541 g/mol. The van der Waals surface area contributed by atoms with Gasteiger partial charge in [-0.3, -0.25) is 4.79 Å². The highest BCUT2D eigenvalue weighted by Crippen LogP contribution is 2.34. The number of carbonyl (C=O) groups is 1. The number of aryl methyl sites for hydroxylation is 1. The molecule has 2 aromatic carbocycles. The number of amides is 1. The average Bonchev–Trinajstić information content (AvgIpc) is 3.29. The number of imidazole rings is 1. The number of ether oxygens (including phenoxy) is 1. The molecule has 9 nitrogen and oxygen atoms in total. The lowest BCUT2D eigenvalue weighted by Crippen LogP contribution is -2.51. The Morgan fingerprint density at radius 2 is 2.00 bits per heavy atom. The third-order valence-corrected chi connectivity index (χ3v) is 7.69. The number of aromatic nitrogens is 5. The van der Waals surface area contributed by atoms with Crippen molar-refractivity contribution in [2.75, 3.05) is 18.4 Å². The SMILES string of the molecule is C=CC(=O)N1CC(Sc2ccc3ncnc(Nc4ccc(Oc5ccc6c(c5)ncn6C)c(C)c4F)c3n2)C1. The van der Waals surface area contributed by atoms with Gasteiger partial charge in [0.25, 0.3) is 0 Å². The minimum Gasteiger partial charge on any atom is -0.457 e. The van der Waals surface area contributed by atoms with E-state index in [1.165, 1.54) is 12.4 Å². The molecular formula is C28H24FN7O2S. The van der Waals surface area contributed by atoms with E-state index in [2.05, 4.69) is 26.8 Å². The van der Waals surface area contributed by atoms with Crippen molar-refractivity contribution in [1.29, 1.82) is 0 Å². The molecule has 1 aliphatic heterocycles. The maximum Gasteiger partial charge on any atom is 0.246 e. The lowest BCUT2D eigenvalue weighted by atomic mass is 10.1. The molecule has 1 saturated heterocycles. The summed E-state index contributed by atoms with van der Waals surface area (Å²) in [5.41, 5.74) is 3.55. The Morgan fingerprint density at radius 1 is 1.15 bits per heavy atom. The van der Waals surface area contributed by atoms with Crippen molar-refractivity contribution in [2.45, 2.75) is 17.2 Å². The Bertz CT molecular complexity index is 1750. The Balaban J connectivity index is 1.22. The van der Waals surface area contributed by atoms with E-state index in [4.69, 9.17) is 9.72 Å². The number of likely N-dealkylation sites (tertiary alicyclic amines) is 1. The zero-order chi connectivity index (χ0) is 27.1. The summed E-state index contributed by atoms with van der Waals surface area (Å²) >= 11 is 1.58. The molecule has 1 N–H and O–H groups in total. The molecule has 39 heavy (non-hydrogen) atoms. The number of nitrogens with zero attached hydrogens (tertiary/aromatic N) is 6. The van der Waals surface area contributed by atoms with Crippen molar-refractivity contribution in [3.63, 3.8) is 0 Å². The number of carbonyl (C=O) groups excluding carboxylic acids is 1. The topological polar surface area (TPSA) is 98.1 Å². The van der Waals surface area contributed by atoms with Gasteiger partial charge >= 0.3 is 0 Å². The average molecular weight is 542 g/mol. The quantitative estimate of drug-likeness (QED) is 0.274. The second kappa shape index (κ2) is 9.99. The lowest BCUT2D eigenvalue weighted by Gasteiger charge is -2.37. The van der Waals surface area contributed by atoms with Crippen LogP contribution < -0.4 is 10.1 Å². The van der Waals surface area contributed by atoms with E-state index in [1.54, 1.807) is 42.0 Å². The summed E-state index contributed by atoms with van der Waals surface area (Å²) in [5, 5.41) is 4.10. The fourth-order valence-electron chi connectivity index (χ4n) is 4.38. The van der Waals surface area contributed by atoms with E-state index in [9.17, 15) is 4.79 Å². The van der Waals surface area contributed by atoms with Gasteiger partial charge in [0.1, 0.15) is 23.3 Å². The summed E-state index contributed by atoms with van der Waals surface area (Å²) in [7, 11) is 1.92. The fourth-order valence-corrected chi connectivity index (χ4v) is 5.52. The van der Waals surface area contributed by atoms with Gasteiger partial charge < -0.3 is 19.5 Å². The normalized spacial score (nSPS) is 13.5. The van der Waals surface area contributed by atoms with E-state index in [0.717, 1.165) is 16.1 Å². The number of hydrogen-bond acceptors (Lipinski definition) is 8. The van der Waals surface area contributed by atoms with Crippen LogP contribution in [0.4, 0.5) is 15.9 Å². The minimum absolute atomic E-state index is 0.0683. The van der Waals surface area contributed by atoms with E-state index < -0.39 is 5.82 Å². The van der Waals surface area contributed by atoms with E-state index in [0.29, 0.717) is 47.0 Å². The summed E-state index contributed by atoms with van der Waals surface area (Å²) in [6.45, 7) is 6.47. The van der Waals surface area contributed by atoms with Gasteiger partial charge in [0, 0.05) is 37.0 Å². The number of pyridine rings is 1. The zero-order valence-corrected chi connectivity index (χ0v) is 22.1. The molecule has 196 valence electrons. The second-order valence-electron chi connectivity index (χ2n) is 9.21. The van der Waals surface area contributed by atoms with Crippen LogP contribution >= 0.6 is 11.8 Å². The smallest absolute Gasteiger partial charge is 0.246 e. The van der Waals surface area contributed by atoms with E-state index in [1.807, 2.05) is 41.9 Å². The van der Waals surface area contributed by atoms with Crippen LogP contribution in [0.2, 0.25) is 0 Å². The van der Waals surface area contributed by atoms with Crippen LogP contribution in [0.25, 0.3) is 22.1 Å². The maximum absolute atomic E-state index is 15.5. The number of hydrogen-bond donors (Lipinski definition) is 1. The highest BCUT2D eigenvalue weighted by molar-refractivity contribution is 8.00. The van der Waals surface area contributed by atoms with Gasteiger partial charge in [-0.25, -0.2) is 24.3 Å². The molecule has 4 heterocycles. The molecule has 1 amide bonds. The van der Waals surface area contributed by atoms with Crippen LogP contribution in [-0.2, 0) is 11.8 Å². The van der Waals surface area contributed by atoms with Crippen molar-refractivity contribution < 1.29 is 13.9 Å². The van der Waals surface area contributed by atoms with Crippen LogP contribution in [0.1, 0.15) is 5.56 Å². The van der Waals surface area contributed by atoms with Crippen LogP contribution in [0.15, 0.2) is 72.8 Å². The van der Waals surface area contributed by atoms with Crippen molar-refractivity contribution >= 4 is 51.2 Å². The third kappa shape index (κ3) is 4.76. The molecule has 5 aromatic rings. The maximum atomic E-state index is 15.5. The van der Waals surface area contributed by atoms with Gasteiger partial charge in [-0.15, -0.1) is 0 Å². The predicted molar refractivity (Wildman–Crippen MR) is 149 cm³/mol. The molecule has 0 radical (unpaired) electrons. The number of benzene rings is 2. The molecule has 3 aromatic heterocycles. The number of rotatable bonds is 7. The first-order valence-electron chi connectivity index (χ1n) is 12.2. The van der Waals surface area contributed by atoms with E-state index >= 15 is 4.39 Å². The Morgan fingerprint density at radius 3 is 2.82 bits per heavy atom. The molecular weight excluding hydrogens is 517 g/mol. The number of anilines is 2. The first-order chi connectivity index (χ1) is 18.9. The molecule has 1 aliphatic rings. The summed E-state index contributed by atoms with van der Waals surface area (Å²) in [5.74, 6) is 0.851. The van der Waals surface area contributed by atoms with Gasteiger partial charge in [-0.1, -0.05) is 18.3 Å². The lowest BCUT2D eigenvalue weighted by molar-refractivity contribution is -0.128. The highest BCUT2D eigenvalue weighted by atomic mass is 32.2. The van der Waals surface area contributed by atoms with Crippen LogP contribution in [0.3, 0.4) is 0 Å². The number of fused-ring (bicyclic) bond motifs is 2. The Hall–Kier alpha value is -4.51. The first kappa shape index (κ1) is 24.8. The third-order valence-electron chi connectivity index (χ3n) is 6.59. The standard InChI is InChI=1S/C28H24FN7O2S/c1-4-25(37)36-12-18(13-36)39-24-10-7-20-27(34-24)28(31-14-30-20)33-19-6-9-23(16(2)26(19)29)38-17-5-8-22-21(11-17)32-15-35(22)3/h4-11,14-15,18H,1,12-13H2,2-3H3,(H,30,31,33). The van der Waals surface area contributed by atoms with Crippen LogP contribution in [0, 0.1) is 12.7 Å². The van der Waals surface area contributed by atoms with Gasteiger partial charge in [-0.2, -0.15) is 0 Å². The Labute approximate surface area is 227 Å². The van der Waals surface area contributed by atoms with Crippen molar-refractivity contribution in [3.8, 4) is 11.5 Å². The summed E-state index contributed by atoms with van der Waals surface area (Å²) in [6.07, 6.45) is 4.48. The fraction of sp³-hybridized carbons (Fsp3) is 0.179. The molecule has 6 rings (SSSR count). The molecule has 0 aliphatic carbocycles. The van der Waals surface area contributed by atoms with E-state index in [-0.39, 0.29) is 16.8 Å². The number of halogens is 1. The highest BCUT2D eigenvalue weighted by Gasteiger charge is 2.30. The van der Waals surface area contributed by atoms with Gasteiger partial charge in [0.15, 0.2) is 11.6 Å². The molecule has 0 atom stereocenters. The predicted octanol–water partition coefficient (Wildman–Crippen LogP) is 5.38. The Kier molecular flexibility index (Phi) is 6.35.